The van der Waals surface area contributed by atoms with Gasteiger partial charge in [0.1, 0.15) is 12.1 Å². The van der Waals surface area contributed by atoms with Crippen LogP contribution in [0.15, 0.2) is 53.7 Å². The molecule has 0 bridgehead atoms. The topological polar surface area (TPSA) is 61.4 Å². The van der Waals surface area contributed by atoms with Gasteiger partial charge in [-0.05, 0) is 61.6 Å². The van der Waals surface area contributed by atoms with Gasteiger partial charge in [0.25, 0.3) is 0 Å². The fourth-order valence-electron chi connectivity index (χ4n) is 3.61. The Labute approximate surface area is 190 Å². The molecular formula is C21H22ClN5OS2. The fraction of sp³-hybridized carbons (Fsp3) is 0.286. The number of hydrogen-bond acceptors (Lipinski definition) is 6. The number of hydrogen-bond donors (Lipinski definition) is 2. The maximum atomic E-state index is 12.6. The summed E-state index contributed by atoms with van der Waals surface area (Å²) < 4.78 is 1.51. The number of aromatic nitrogens is 2. The third-order valence-corrected chi connectivity index (χ3v) is 6.72. The number of nitrogens with one attached hydrogen (secondary N) is 1. The molecule has 1 saturated heterocycles. The lowest BCUT2D eigenvalue weighted by atomic mass is 10.0. The van der Waals surface area contributed by atoms with Crippen molar-refractivity contribution in [2.75, 3.05) is 29.6 Å². The van der Waals surface area contributed by atoms with Crippen LogP contribution in [0.3, 0.4) is 0 Å². The summed E-state index contributed by atoms with van der Waals surface area (Å²) in [6.45, 7) is 1.57. The molecule has 0 saturated carbocycles. The van der Waals surface area contributed by atoms with Crippen molar-refractivity contribution in [3.63, 3.8) is 0 Å². The number of piperidine rings is 1. The summed E-state index contributed by atoms with van der Waals surface area (Å²) in [5, 5.41) is 4.56. The second-order valence-electron chi connectivity index (χ2n) is 7.08. The molecule has 3 aromatic rings. The molecule has 156 valence electrons. The predicted molar refractivity (Wildman–Crippen MR) is 128 cm³/mol. The van der Waals surface area contributed by atoms with Gasteiger partial charge in [0.05, 0.1) is 5.52 Å². The number of carbonyl (C=O) groups excluding carboxylic acids is 1. The third kappa shape index (κ3) is 4.61. The number of anilines is 2. The predicted octanol–water partition coefficient (Wildman–Crippen LogP) is 5.35. The highest BCUT2D eigenvalue weighted by Crippen LogP contribution is 2.29. The molecule has 0 spiro atoms. The van der Waals surface area contributed by atoms with Crippen molar-refractivity contribution in [2.45, 2.75) is 23.8 Å². The standard InChI is InChI=1S/C21H22ClN5OS2/c1-30-17-5-3-15(4-6-17)25-21(28)27(29)16-8-10-26(11-9-16)20-18-7-2-14(22)12-19(18)23-13-24-20/h2-7,12-13,16,29H,8-11H2,1H3,(H,25,28). The Bertz CT molecular complexity index is 1040. The Morgan fingerprint density at radius 1 is 1.20 bits per heavy atom. The van der Waals surface area contributed by atoms with Crippen LogP contribution in [0.5, 0.6) is 0 Å². The van der Waals surface area contributed by atoms with Crippen molar-refractivity contribution in [1.29, 1.82) is 0 Å². The molecule has 1 N–H and O–H groups in total. The van der Waals surface area contributed by atoms with Gasteiger partial charge < -0.3 is 10.2 Å². The first-order valence-electron chi connectivity index (χ1n) is 9.63. The lowest BCUT2D eigenvalue weighted by Gasteiger charge is -2.36. The summed E-state index contributed by atoms with van der Waals surface area (Å²) in [6.07, 6.45) is 5.21. The first-order valence-corrected chi connectivity index (χ1v) is 11.6. The lowest BCUT2D eigenvalue weighted by Crippen LogP contribution is -2.45. The van der Waals surface area contributed by atoms with E-state index in [4.69, 9.17) is 11.6 Å². The quantitative estimate of drug-likeness (QED) is 0.406. The van der Waals surface area contributed by atoms with Gasteiger partial charge in [0, 0.05) is 40.1 Å². The summed E-state index contributed by atoms with van der Waals surface area (Å²) in [7, 11) is 0. The molecule has 2 aromatic carbocycles. The van der Waals surface area contributed by atoms with Crippen molar-refractivity contribution < 1.29 is 4.79 Å². The second kappa shape index (κ2) is 9.32. The molecule has 4 rings (SSSR count). The number of rotatable bonds is 4. The van der Waals surface area contributed by atoms with Crippen molar-refractivity contribution >= 4 is 64.6 Å². The zero-order valence-electron chi connectivity index (χ0n) is 16.5. The lowest BCUT2D eigenvalue weighted by molar-refractivity contribution is 0.223. The van der Waals surface area contributed by atoms with Crippen LogP contribution in [0.4, 0.5) is 16.3 Å². The Morgan fingerprint density at radius 2 is 1.93 bits per heavy atom. The van der Waals surface area contributed by atoms with Crippen LogP contribution in [0.2, 0.25) is 5.02 Å². The number of carbonyl (C=O) groups is 1. The van der Waals surface area contributed by atoms with Gasteiger partial charge in [0.15, 0.2) is 0 Å². The highest BCUT2D eigenvalue weighted by Gasteiger charge is 2.27. The van der Waals surface area contributed by atoms with E-state index in [-0.39, 0.29) is 12.1 Å². The van der Waals surface area contributed by atoms with E-state index in [1.807, 2.05) is 48.7 Å². The minimum absolute atomic E-state index is 0.0533. The maximum Gasteiger partial charge on any atom is 0.331 e. The molecule has 9 heteroatoms. The number of fused-ring (bicyclic) bond motifs is 1. The monoisotopic (exact) mass is 459 g/mol. The molecule has 1 aliphatic rings. The van der Waals surface area contributed by atoms with E-state index in [0.29, 0.717) is 5.02 Å². The molecule has 0 atom stereocenters. The zero-order valence-corrected chi connectivity index (χ0v) is 18.9. The van der Waals surface area contributed by atoms with Gasteiger partial charge in [-0.15, -0.1) is 11.8 Å². The van der Waals surface area contributed by atoms with Crippen molar-refractivity contribution in [3.05, 3.63) is 53.8 Å². The number of urea groups is 1. The summed E-state index contributed by atoms with van der Waals surface area (Å²) >= 11 is 12.2. The average molecular weight is 460 g/mol. The molecule has 0 aliphatic carbocycles. The Morgan fingerprint density at radius 3 is 2.63 bits per heavy atom. The van der Waals surface area contributed by atoms with Gasteiger partial charge in [-0.2, -0.15) is 0 Å². The molecule has 1 aromatic heterocycles. The van der Waals surface area contributed by atoms with Crippen LogP contribution >= 0.6 is 36.2 Å². The fourth-order valence-corrected chi connectivity index (χ4v) is 4.47. The first-order chi connectivity index (χ1) is 14.5. The molecule has 1 aliphatic heterocycles. The average Bonchev–Trinajstić information content (AvgIpc) is 2.78. The van der Waals surface area contributed by atoms with Crippen LogP contribution in [0.25, 0.3) is 10.9 Å². The SMILES string of the molecule is CSc1ccc(NC(=O)N(S)C2CCN(c3ncnc4cc(Cl)ccc34)CC2)cc1. The molecule has 1 fully saturated rings. The van der Waals surface area contributed by atoms with Gasteiger partial charge in [-0.1, -0.05) is 24.4 Å². The minimum Gasteiger partial charge on any atom is -0.356 e. The van der Waals surface area contributed by atoms with E-state index in [1.54, 1.807) is 18.1 Å². The number of thioether (sulfide) groups is 1. The van der Waals surface area contributed by atoms with Crippen LogP contribution in [-0.2, 0) is 0 Å². The van der Waals surface area contributed by atoms with Crippen molar-refractivity contribution in [2.24, 2.45) is 0 Å². The zero-order chi connectivity index (χ0) is 21.1. The number of thiol groups is 1. The molecule has 2 heterocycles. The molecule has 2 amide bonds. The van der Waals surface area contributed by atoms with Gasteiger partial charge in [0.2, 0.25) is 0 Å². The number of halogens is 1. The van der Waals surface area contributed by atoms with E-state index in [0.717, 1.165) is 53.2 Å². The molecule has 6 nitrogen and oxygen atoms in total. The van der Waals surface area contributed by atoms with Crippen LogP contribution in [0, 0.1) is 0 Å². The van der Waals surface area contributed by atoms with Crippen LogP contribution in [0.1, 0.15) is 12.8 Å². The molecular weight excluding hydrogens is 438 g/mol. The van der Waals surface area contributed by atoms with Gasteiger partial charge in [-0.3, -0.25) is 4.31 Å². The molecule has 0 radical (unpaired) electrons. The maximum absolute atomic E-state index is 12.6. The number of benzene rings is 2. The number of nitrogens with zero attached hydrogens (tertiary/aromatic N) is 4. The van der Waals surface area contributed by atoms with E-state index in [9.17, 15) is 4.79 Å². The molecule has 30 heavy (non-hydrogen) atoms. The first kappa shape index (κ1) is 21.1. The summed E-state index contributed by atoms with van der Waals surface area (Å²) in [5.41, 5.74) is 1.60. The van der Waals surface area contributed by atoms with E-state index < -0.39 is 0 Å². The van der Waals surface area contributed by atoms with E-state index in [1.165, 1.54) is 4.31 Å². The van der Waals surface area contributed by atoms with Gasteiger partial charge >= 0.3 is 6.03 Å². The van der Waals surface area contributed by atoms with Crippen molar-refractivity contribution in [1.82, 2.24) is 14.3 Å². The van der Waals surface area contributed by atoms with E-state index >= 15 is 0 Å². The van der Waals surface area contributed by atoms with Crippen molar-refractivity contribution in [3.8, 4) is 0 Å². The third-order valence-electron chi connectivity index (χ3n) is 5.24. The highest BCUT2D eigenvalue weighted by atomic mass is 35.5. The normalized spacial score (nSPS) is 14.7. The second-order valence-corrected chi connectivity index (χ2v) is 8.83. The number of amides is 2. The summed E-state index contributed by atoms with van der Waals surface area (Å²) in [4.78, 5) is 24.8. The highest BCUT2D eigenvalue weighted by molar-refractivity contribution is 7.98. The smallest absolute Gasteiger partial charge is 0.331 e. The summed E-state index contributed by atoms with van der Waals surface area (Å²) in [6, 6.07) is 13.3. The minimum atomic E-state index is -0.212. The summed E-state index contributed by atoms with van der Waals surface area (Å²) in [5.74, 6) is 0.902. The Hall–Kier alpha value is -2.16. The Balaban J connectivity index is 1.38. The largest absolute Gasteiger partial charge is 0.356 e. The van der Waals surface area contributed by atoms with Crippen LogP contribution in [-0.4, -0.2) is 45.7 Å². The molecule has 0 unspecified atom stereocenters. The van der Waals surface area contributed by atoms with Gasteiger partial charge in [-0.25, -0.2) is 14.8 Å². The van der Waals surface area contributed by atoms with E-state index in [2.05, 4.69) is 33.0 Å². The van der Waals surface area contributed by atoms with Crippen LogP contribution < -0.4 is 10.2 Å². The Kier molecular flexibility index (Phi) is 6.55.